The van der Waals surface area contributed by atoms with E-state index in [1.54, 1.807) is 24.3 Å². The number of thiophene rings is 1. The monoisotopic (exact) mass is 370 g/mol. The molecule has 26 heavy (non-hydrogen) atoms. The molecule has 1 heterocycles. The van der Waals surface area contributed by atoms with Crippen LogP contribution in [-0.2, 0) is 14.4 Å². The first-order valence-electron chi connectivity index (χ1n) is 9.11. The van der Waals surface area contributed by atoms with Crippen molar-refractivity contribution in [1.29, 1.82) is 0 Å². The van der Waals surface area contributed by atoms with E-state index >= 15 is 0 Å². The third-order valence-electron chi connectivity index (χ3n) is 6.22. The molecule has 0 aromatic carbocycles. The summed E-state index contributed by atoms with van der Waals surface area (Å²) >= 11 is 1.58. The molecule has 1 aromatic heterocycles. The first-order valence-corrected chi connectivity index (χ1v) is 9.93. The van der Waals surface area contributed by atoms with Gasteiger partial charge < -0.3 is 5.11 Å². The fourth-order valence-electron chi connectivity index (χ4n) is 4.41. The molecular weight excluding hydrogens is 348 g/mol. The van der Waals surface area contributed by atoms with Crippen LogP contribution < -0.4 is 0 Å². The number of rotatable bonds is 3. The van der Waals surface area contributed by atoms with Crippen LogP contribution in [0, 0.1) is 24.2 Å². The van der Waals surface area contributed by atoms with Crippen molar-refractivity contribution < 1.29 is 19.5 Å². The molecule has 1 aromatic rings. The Morgan fingerprint density at radius 2 is 1.88 bits per heavy atom. The normalized spacial score (nSPS) is 33.5. The van der Waals surface area contributed by atoms with Crippen molar-refractivity contribution in [2.45, 2.75) is 45.4 Å². The predicted octanol–water partition coefficient (Wildman–Crippen LogP) is 4.14. The van der Waals surface area contributed by atoms with Gasteiger partial charge in [-0.2, -0.15) is 0 Å². The minimum atomic E-state index is -0.868. The molecular formula is C21H22O4S. The van der Waals surface area contributed by atoms with Crippen LogP contribution in [0.25, 0.3) is 5.57 Å². The van der Waals surface area contributed by atoms with Gasteiger partial charge in [0.1, 0.15) is 5.92 Å². The standard InChI is InChI=1S/C21H22O4S/c1-11-15(17-18(22)13-3-4-14(9-13)19(17)23)10-16(26-11)12-5-7-21(2,8-6-12)20(24)25/h5-7,10,13-14,17H,3-4,8-9H2,1-2H3,(H,24,25). The number of aliphatic carboxylic acids is 1. The quantitative estimate of drug-likeness (QED) is 0.812. The largest absolute Gasteiger partial charge is 0.481 e. The average Bonchev–Trinajstić information content (AvgIpc) is 3.20. The molecule has 2 fully saturated rings. The number of hydrogen-bond donors (Lipinski definition) is 1. The molecule has 0 saturated heterocycles. The zero-order chi connectivity index (χ0) is 18.6. The summed E-state index contributed by atoms with van der Waals surface area (Å²) < 4.78 is 0. The minimum absolute atomic E-state index is 0.0514. The molecule has 0 radical (unpaired) electrons. The predicted molar refractivity (Wildman–Crippen MR) is 100 cm³/mol. The molecule has 3 unspecified atom stereocenters. The topological polar surface area (TPSA) is 71.4 Å². The molecule has 5 heteroatoms. The lowest BCUT2D eigenvalue weighted by Gasteiger charge is -2.25. The molecule has 3 aliphatic rings. The van der Waals surface area contributed by atoms with E-state index in [1.165, 1.54) is 0 Å². The Morgan fingerprint density at radius 1 is 1.23 bits per heavy atom. The molecule has 136 valence electrons. The lowest BCUT2D eigenvalue weighted by molar-refractivity contribution is -0.145. The van der Waals surface area contributed by atoms with E-state index in [0.29, 0.717) is 6.42 Å². The van der Waals surface area contributed by atoms with Gasteiger partial charge in [-0.05, 0) is 56.7 Å². The highest BCUT2D eigenvalue weighted by molar-refractivity contribution is 7.13. The smallest absolute Gasteiger partial charge is 0.313 e. The van der Waals surface area contributed by atoms with Gasteiger partial charge in [0.2, 0.25) is 0 Å². The number of Topliss-reactive ketones (excluding diaryl/α,β-unsaturated/α-hetero) is 2. The fourth-order valence-corrected chi connectivity index (χ4v) is 5.49. The number of allylic oxidation sites excluding steroid dienone is 3. The van der Waals surface area contributed by atoms with Gasteiger partial charge in [0, 0.05) is 21.6 Å². The number of ketones is 2. The Hall–Kier alpha value is -2.01. The molecule has 0 spiro atoms. The molecule has 2 bridgehead atoms. The average molecular weight is 370 g/mol. The van der Waals surface area contributed by atoms with Crippen LogP contribution >= 0.6 is 11.3 Å². The van der Waals surface area contributed by atoms with Gasteiger partial charge in [-0.3, -0.25) is 14.4 Å². The van der Waals surface area contributed by atoms with E-state index in [9.17, 15) is 19.5 Å². The van der Waals surface area contributed by atoms with Gasteiger partial charge in [0.25, 0.3) is 0 Å². The number of carbonyl (C=O) groups excluding carboxylic acids is 2. The summed E-state index contributed by atoms with van der Waals surface area (Å²) in [6.07, 6.45) is 8.40. The van der Waals surface area contributed by atoms with Crippen molar-refractivity contribution in [3.8, 4) is 0 Å². The highest BCUT2D eigenvalue weighted by Crippen LogP contribution is 2.46. The van der Waals surface area contributed by atoms with E-state index in [4.69, 9.17) is 0 Å². The third kappa shape index (κ3) is 2.60. The number of carboxylic acids is 1. The van der Waals surface area contributed by atoms with Crippen molar-refractivity contribution >= 4 is 34.4 Å². The summed E-state index contributed by atoms with van der Waals surface area (Å²) in [5, 5.41) is 9.33. The van der Waals surface area contributed by atoms with Crippen LogP contribution in [0.1, 0.15) is 53.8 Å². The second-order valence-electron chi connectivity index (χ2n) is 7.99. The lowest BCUT2D eigenvalue weighted by atomic mass is 9.75. The zero-order valence-electron chi connectivity index (χ0n) is 15.0. The summed E-state index contributed by atoms with van der Waals surface area (Å²) in [4.78, 5) is 38.9. The minimum Gasteiger partial charge on any atom is -0.481 e. The maximum absolute atomic E-state index is 12.8. The molecule has 3 aliphatic carbocycles. The highest BCUT2D eigenvalue weighted by atomic mass is 32.1. The lowest BCUT2D eigenvalue weighted by Crippen LogP contribution is -2.34. The van der Waals surface area contributed by atoms with Crippen LogP contribution in [0.5, 0.6) is 0 Å². The summed E-state index contributed by atoms with van der Waals surface area (Å²) in [5.41, 5.74) is 0.965. The molecule has 0 amide bonds. The maximum Gasteiger partial charge on any atom is 0.313 e. The number of carboxylic acid groups (broad SMARTS) is 1. The Morgan fingerprint density at radius 3 is 2.42 bits per heavy atom. The van der Waals surface area contributed by atoms with Gasteiger partial charge in [0.05, 0.1) is 5.41 Å². The maximum atomic E-state index is 12.8. The van der Waals surface area contributed by atoms with E-state index < -0.39 is 17.3 Å². The van der Waals surface area contributed by atoms with E-state index in [0.717, 1.165) is 40.2 Å². The first-order chi connectivity index (χ1) is 12.3. The Labute approximate surface area is 156 Å². The second-order valence-corrected chi connectivity index (χ2v) is 9.24. The van der Waals surface area contributed by atoms with E-state index in [2.05, 4.69) is 0 Å². The van der Waals surface area contributed by atoms with Gasteiger partial charge in [-0.15, -0.1) is 11.3 Å². The molecule has 0 aliphatic heterocycles. The summed E-state index contributed by atoms with van der Waals surface area (Å²) in [6.45, 7) is 3.67. The van der Waals surface area contributed by atoms with Crippen molar-refractivity contribution in [2.75, 3.05) is 0 Å². The SMILES string of the molecule is Cc1sc(C2=CCC(C)(C(=O)O)C=C2)cc1C1C(=O)C2CCC(C2)C1=O. The number of carbonyl (C=O) groups is 3. The second kappa shape index (κ2) is 6.02. The van der Waals surface area contributed by atoms with Crippen LogP contribution in [0.15, 0.2) is 24.3 Å². The van der Waals surface area contributed by atoms with Crippen molar-refractivity contribution in [1.82, 2.24) is 0 Å². The molecule has 2 saturated carbocycles. The van der Waals surface area contributed by atoms with E-state index in [1.807, 2.05) is 25.1 Å². The number of hydrogen-bond acceptors (Lipinski definition) is 4. The summed E-state index contributed by atoms with van der Waals surface area (Å²) in [7, 11) is 0. The highest BCUT2D eigenvalue weighted by Gasteiger charge is 2.48. The summed E-state index contributed by atoms with van der Waals surface area (Å²) in [6, 6.07) is 1.98. The van der Waals surface area contributed by atoms with E-state index in [-0.39, 0.29) is 23.4 Å². The van der Waals surface area contributed by atoms with Crippen molar-refractivity contribution in [3.05, 3.63) is 39.6 Å². The third-order valence-corrected chi connectivity index (χ3v) is 7.34. The first kappa shape index (κ1) is 17.4. The van der Waals surface area contributed by atoms with Crippen molar-refractivity contribution in [2.24, 2.45) is 17.3 Å². The van der Waals surface area contributed by atoms with Gasteiger partial charge in [-0.25, -0.2) is 0 Å². The van der Waals surface area contributed by atoms with Gasteiger partial charge in [-0.1, -0.05) is 18.2 Å². The van der Waals surface area contributed by atoms with Crippen LogP contribution in [0.2, 0.25) is 0 Å². The number of aryl methyl sites for hydroxylation is 1. The number of fused-ring (bicyclic) bond motifs is 2. The van der Waals surface area contributed by atoms with Crippen LogP contribution in [0.4, 0.5) is 0 Å². The van der Waals surface area contributed by atoms with Gasteiger partial charge >= 0.3 is 5.97 Å². The fraction of sp³-hybridized carbons (Fsp3) is 0.476. The molecule has 1 N–H and O–H groups in total. The molecule has 3 atom stereocenters. The van der Waals surface area contributed by atoms with Crippen LogP contribution in [-0.4, -0.2) is 22.6 Å². The summed E-state index contributed by atoms with van der Waals surface area (Å²) in [5.74, 6) is -1.12. The van der Waals surface area contributed by atoms with Crippen molar-refractivity contribution in [3.63, 3.8) is 0 Å². The Kier molecular flexibility index (Phi) is 4.03. The Balaban J connectivity index is 1.64. The van der Waals surface area contributed by atoms with Crippen LogP contribution in [0.3, 0.4) is 0 Å². The Bertz CT molecular complexity index is 853. The zero-order valence-corrected chi connectivity index (χ0v) is 15.8. The van der Waals surface area contributed by atoms with Gasteiger partial charge in [0.15, 0.2) is 11.6 Å². The molecule has 4 rings (SSSR count). The molecule has 4 nitrogen and oxygen atoms in total.